The van der Waals surface area contributed by atoms with Gasteiger partial charge in [0.05, 0.1) is 11.4 Å². The lowest BCUT2D eigenvalue weighted by atomic mass is 9.95. The minimum atomic E-state index is -0.282. The van der Waals surface area contributed by atoms with Crippen LogP contribution in [0.1, 0.15) is 22.0 Å². The topological polar surface area (TPSA) is 32.3 Å². The molecule has 4 rings (SSSR count). The minimum Gasteiger partial charge on any atom is -0.354 e. The number of benzene rings is 1. The fourth-order valence-corrected chi connectivity index (χ4v) is 3.97. The molecule has 1 aromatic heterocycles. The lowest BCUT2D eigenvalue weighted by Gasteiger charge is -2.41. The van der Waals surface area contributed by atoms with Crippen LogP contribution in [-0.4, -0.2) is 12.5 Å². The average molecular weight is 288 g/mol. The molecule has 1 amide bonds. The number of nitrogens with zero attached hydrogens (tertiary/aromatic N) is 1. The van der Waals surface area contributed by atoms with E-state index in [1.165, 1.54) is 10.9 Å². The quantitative estimate of drug-likeness (QED) is 0.807. The first-order valence-corrected chi connectivity index (χ1v) is 7.47. The molecule has 102 valence electrons. The van der Waals surface area contributed by atoms with Crippen molar-refractivity contribution in [2.45, 2.75) is 19.4 Å². The lowest BCUT2D eigenvalue weighted by molar-refractivity contribution is -0.117. The summed E-state index contributed by atoms with van der Waals surface area (Å²) in [5.74, 6) is -0.351. The summed E-state index contributed by atoms with van der Waals surface area (Å²) in [6.45, 7) is 2.55. The minimum absolute atomic E-state index is 0.0693. The van der Waals surface area contributed by atoms with Crippen molar-refractivity contribution in [2.24, 2.45) is 0 Å². The summed E-state index contributed by atoms with van der Waals surface area (Å²) in [7, 11) is 0. The van der Waals surface area contributed by atoms with E-state index in [0.29, 0.717) is 11.3 Å². The molecule has 1 aromatic carbocycles. The maximum atomic E-state index is 13.7. The first-order chi connectivity index (χ1) is 9.65. The van der Waals surface area contributed by atoms with E-state index in [9.17, 15) is 9.18 Å². The molecule has 0 bridgehead atoms. The zero-order valence-electron chi connectivity index (χ0n) is 10.9. The molecule has 3 nitrogen and oxygen atoms in total. The first-order valence-electron chi connectivity index (χ1n) is 6.59. The van der Waals surface area contributed by atoms with Crippen molar-refractivity contribution in [3.8, 4) is 0 Å². The maximum Gasteiger partial charge on any atom is 0.251 e. The Kier molecular flexibility index (Phi) is 2.41. The average Bonchev–Trinajstić information content (AvgIpc) is 2.89. The number of anilines is 2. The largest absolute Gasteiger partial charge is 0.354 e. The van der Waals surface area contributed by atoms with Crippen LogP contribution in [0.5, 0.6) is 0 Å². The highest BCUT2D eigenvalue weighted by atomic mass is 32.1. The van der Waals surface area contributed by atoms with Crippen molar-refractivity contribution in [2.75, 3.05) is 16.8 Å². The molecule has 0 saturated carbocycles. The van der Waals surface area contributed by atoms with Crippen LogP contribution in [0.15, 0.2) is 23.6 Å². The number of nitrogens with one attached hydrogen (secondary N) is 1. The van der Waals surface area contributed by atoms with Gasteiger partial charge in [-0.1, -0.05) is 0 Å². The molecule has 2 aliphatic heterocycles. The van der Waals surface area contributed by atoms with E-state index in [0.717, 1.165) is 24.2 Å². The molecule has 0 aliphatic carbocycles. The van der Waals surface area contributed by atoms with Gasteiger partial charge in [-0.3, -0.25) is 4.79 Å². The second-order valence-electron chi connectivity index (χ2n) is 5.25. The van der Waals surface area contributed by atoms with E-state index < -0.39 is 0 Å². The number of halogens is 1. The molecule has 0 fully saturated rings. The fraction of sp³-hybridized carbons (Fsp3) is 0.267. The van der Waals surface area contributed by atoms with Gasteiger partial charge in [-0.15, -0.1) is 11.3 Å². The molecule has 1 N–H and O–H groups in total. The third kappa shape index (κ3) is 1.53. The van der Waals surface area contributed by atoms with Crippen molar-refractivity contribution in [3.63, 3.8) is 0 Å². The Morgan fingerprint density at radius 1 is 1.45 bits per heavy atom. The molecule has 2 aromatic rings. The number of carbonyl (C=O) groups excluding carboxylic acids is 1. The van der Waals surface area contributed by atoms with Gasteiger partial charge in [-0.05, 0) is 48.1 Å². The van der Waals surface area contributed by atoms with E-state index in [1.54, 1.807) is 18.3 Å². The van der Waals surface area contributed by atoms with E-state index in [-0.39, 0.29) is 17.8 Å². The van der Waals surface area contributed by atoms with E-state index in [1.807, 2.05) is 17.5 Å². The fourth-order valence-electron chi connectivity index (χ4n) is 3.06. The Balaban J connectivity index is 1.89. The normalized spacial score (nSPS) is 20.0. The summed E-state index contributed by atoms with van der Waals surface area (Å²) in [6.07, 6.45) is 0.937. The van der Waals surface area contributed by atoms with Crippen molar-refractivity contribution in [3.05, 3.63) is 45.4 Å². The predicted molar refractivity (Wildman–Crippen MR) is 77.9 cm³/mol. The Morgan fingerprint density at radius 2 is 2.30 bits per heavy atom. The summed E-state index contributed by atoms with van der Waals surface area (Å²) in [4.78, 5) is 15.8. The second kappa shape index (κ2) is 4.06. The number of hydrogen-bond acceptors (Lipinski definition) is 3. The number of aryl methyl sites for hydroxylation is 1. The summed E-state index contributed by atoms with van der Waals surface area (Å²) >= 11 is 1.70. The van der Waals surface area contributed by atoms with Gasteiger partial charge < -0.3 is 10.2 Å². The van der Waals surface area contributed by atoms with Crippen LogP contribution < -0.4 is 10.2 Å². The van der Waals surface area contributed by atoms with Crippen molar-refractivity contribution in [1.29, 1.82) is 0 Å². The van der Waals surface area contributed by atoms with Crippen LogP contribution >= 0.6 is 11.3 Å². The van der Waals surface area contributed by atoms with E-state index in [4.69, 9.17) is 0 Å². The number of amides is 1. The Bertz CT molecular complexity index is 725. The van der Waals surface area contributed by atoms with Gasteiger partial charge in [0, 0.05) is 11.4 Å². The van der Waals surface area contributed by atoms with Crippen LogP contribution in [0.2, 0.25) is 0 Å². The highest BCUT2D eigenvalue weighted by Gasteiger charge is 2.38. The Hall–Kier alpha value is -1.88. The summed E-state index contributed by atoms with van der Waals surface area (Å²) < 4.78 is 13.7. The number of hydrogen-bond donors (Lipinski definition) is 1. The third-order valence-electron chi connectivity index (χ3n) is 4.06. The molecule has 0 radical (unpaired) electrons. The number of carbonyl (C=O) groups is 1. The van der Waals surface area contributed by atoms with Crippen LogP contribution in [-0.2, 0) is 11.2 Å². The molecule has 0 saturated heterocycles. The highest BCUT2D eigenvalue weighted by molar-refractivity contribution is 7.10. The lowest BCUT2D eigenvalue weighted by Crippen LogP contribution is -2.45. The number of fused-ring (bicyclic) bond motifs is 5. The second-order valence-corrected chi connectivity index (χ2v) is 6.25. The molecule has 3 heterocycles. The van der Waals surface area contributed by atoms with Gasteiger partial charge in [0.25, 0.3) is 5.91 Å². The summed E-state index contributed by atoms with van der Waals surface area (Å²) in [5.41, 5.74) is 3.19. The summed E-state index contributed by atoms with van der Waals surface area (Å²) in [5, 5.41) is 4.88. The van der Waals surface area contributed by atoms with Crippen LogP contribution in [0, 0.1) is 12.7 Å². The molecular formula is C15H13FN2OS. The molecule has 1 unspecified atom stereocenters. The number of rotatable bonds is 0. The van der Waals surface area contributed by atoms with Gasteiger partial charge in [-0.2, -0.15) is 0 Å². The van der Waals surface area contributed by atoms with Gasteiger partial charge in [0.2, 0.25) is 0 Å². The summed E-state index contributed by atoms with van der Waals surface area (Å²) in [6, 6.07) is 5.00. The highest BCUT2D eigenvalue weighted by Crippen LogP contribution is 2.43. The van der Waals surface area contributed by atoms with Crippen molar-refractivity contribution in [1.82, 2.24) is 0 Å². The number of thiophene rings is 1. The molecule has 0 spiro atoms. The zero-order valence-corrected chi connectivity index (χ0v) is 11.8. The third-order valence-corrected chi connectivity index (χ3v) is 5.06. The monoisotopic (exact) mass is 288 g/mol. The predicted octanol–water partition coefficient (Wildman–Crippen LogP) is 3.25. The molecule has 1 atom stereocenters. The van der Waals surface area contributed by atoms with Crippen molar-refractivity contribution < 1.29 is 9.18 Å². The Morgan fingerprint density at radius 3 is 3.15 bits per heavy atom. The van der Waals surface area contributed by atoms with Gasteiger partial charge in [0.15, 0.2) is 0 Å². The zero-order chi connectivity index (χ0) is 13.9. The van der Waals surface area contributed by atoms with Crippen LogP contribution in [0.4, 0.5) is 15.8 Å². The van der Waals surface area contributed by atoms with E-state index >= 15 is 0 Å². The van der Waals surface area contributed by atoms with Crippen molar-refractivity contribution >= 4 is 28.6 Å². The van der Waals surface area contributed by atoms with Gasteiger partial charge in [0.1, 0.15) is 11.9 Å². The molecular weight excluding hydrogens is 275 g/mol. The Labute approximate surface area is 120 Å². The van der Waals surface area contributed by atoms with Crippen LogP contribution in [0.3, 0.4) is 0 Å². The van der Waals surface area contributed by atoms with Crippen LogP contribution in [0.25, 0.3) is 0 Å². The smallest absolute Gasteiger partial charge is 0.251 e. The molecule has 2 aliphatic rings. The van der Waals surface area contributed by atoms with Gasteiger partial charge in [-0.25, -0.2) is 4.39 Å². The maximum absolute atomic E-state index is 13.7. The standard InChI is InChI=1S/C15H13FN2OS/c1-8-6-12-11(7-10(8)16)17-15(19)14-9-3-5-20-13(9)2-4-18(12)14/h3,5-7,14H,2,4H2,1H3,(H,17,19). The van der Waals surface area contributed by atoms with Gasteiger partial charge >= 0.3 is 0 Å². The SMILES string of the molecule is Cc1cc2c(cc1F)NC(=O)C1c3ccsc3CCN21. The molecule has 20 heavy (non-hydrogen) atoms. The first kappa shape index (κ1) is 11.9. The van der Waals surface area contributed by atoms with E-state index in [2.05, 4.69) is 10.2 Å². The molecule has 5 heteroatoms.